The highest BCUT2D eigenvalue weighted by molar-refractivity contribution is 5.98. The molecule has 128 valence electrons. The molecular formula is C20H24O4. The highest BCUT2D eigenvalue weighted by Crippen LogP contribution is 2.23. The number of aromatic hydroxyl groups is 2. The molecule has 0 radical (unpaired) electrons. The highest BCUT2D eigenvalue weighted by Gasteiger charge is 2.10. The first-order chi connectivity index (χ1) is 11.0. The number of hydrogen-bond acceptors (Lipinski definition) is 4. The summed E-state index contributed by atoms with van der Waals surface area (Å²) in [6, 6.07) is 6.97. The summed E-state index contributed by atoms with van der Waals surface area (Å²) in [7, 11) is 0. The van der Waals surface area contributed by atoms with E-state index in [4.69, 9.17) is 0 Å². The predicted molar refractivity (Wildman–Crippen MR) is 95.2 cm³/mol. The molecule has 4 nitrogen and oxygen atoms in total. The minimum atomic E-state index is -0.0926. The van der Waals surface area contributed by atoms with Crippen LogP contribution >= 0.6 is 0 Å². The van der Waals surface area contributed by atoms with E-state index in [1.54, 1.807) is 12.1 Å². The van der Waals surface area contributed by atoms with E-state index in [1.807, 2.05) is 39.8 Å². The van der Waals surface area contributed by atoms with Crippen molar-refractivity contribution in [1.82, 2.24) is 0 Å². The largest absolute Gasteiger partial charge is 0.507 e. The topological polar surface area (TPSA) is 74.6 Å². The Labute approximate surface area is 142 Å². The number of benzene rings is 2. The third kappa shape index (κ3) is 4.69. The van der Waals surface area contributed by atoms with Crippen molar-refractivity contribution >= 4 is 11.6 Å². The van der Waals surface area contributed by atoms with Gasteiger partial charge in [0.15, 0.2) is 11.6 Å². The number of Topliss-reactive ketones (excluding diaryl/α,β-unsaturated/α-hetero) is 2. The van der Waals surface area contributed by atoms with Gasteiger partial charge in [-0.25, -0.2) is 0 Å². The Bertz CT molecular complexity index is 675. The van der Waals surface area contributed by atoms with Crippen molar-refractivity contribution in [2.45, 2.75) is 41.5 Å². The second-order valence-electron chi connectivity index (χ2n) is 6.06. The van der Waals surface area contributed by atoms with Gasteiger partial charge in [0.1, 0.15) is 11.5 Å². The Balaban J connectivity index is 0.000000240. The number of hydrogen-bond donors (Lipinski definition) is 2. The van der Waals surface area contributed by atoms with Crippen LogP contribution in [0.2, 0.25) is 0 Å². The van der Waals surface area contributed by atoms with Gasteiger partial charge in [-0.2, -0.15) is 0 Å². The first-order valence-corrected chi connectivity index (χ1v) is 7.66. The zero-order chi connectivity index (χ0) is 18.6. The van der Waals surface area contributed by atoms with Crippen molar-refractivity contribution in [3.05, 3.63) is 57.6 Å². The molecule has 0 aliphatic carbocycles. The molecule has 0 saturated carbocycles. The molecule has 2 rings (SSSR count). The summed E-state index contributed by atoms with van der Waals surface area (Å²) in [4.78, 5) is 22.1. The zero-order valence-corrected chi connectivity index (χ0v) is 15.0. The minimum Gasteiger partial charge on any atom is -0.507 e. The first-order valence-electron chi connectivity index (χ1n) is 7.66. The van der Waals surface area contributed by atoms with Gasteiger partial charge in [-0.15, -0.1) is 0 Å². The molecule has 0 bridgehead atoms. The molecule has 0 aliphatic heterocycles. The van der Waals surface area contributed by atoms with Crippen LogP contribution in [0.5, 0.6) is 11.5 Å². The van der Waals surface area contributed by atoms with E-state index in [9.17, 15) is 19.8 Å². The number of phenolic OH excluding ortho intramolecular Hbond substituents is 2. The lowest BCUT2D eigenvalue weighted by Crippen LogP contribution is -1.97. The minimum absolute atomic E-state index is 0.0833. The van der Waals surface area contributed by atoms with Crippen LogP contribution in [0.25, 0.3) is 0 Å². The fourth-order valence-corrected chi connectivity index (χ4v) is 2.81. The van der Waals surface area contributed by atoms with Crippen LogP contribution in [-0.2, 0) is 0 Å². The van der Waals surface area contributed by atoms with Gasteiger partial charge < -0.3 is 10.2 Å². The van der Waals surface area contributed by atoms with Crippen molar-refractivity contribution in [1.29, 1.82) is 0 Å². The van der Waals surface area contributed by atoms with Gasteiger partial charge in [-0.3, -0.25) is 9.59 Å². The molecular weight excluding hydrogens is 304 g/mol. The van der Waals surface area contributed by atoms with Gasteiger partial charge >= 0.3 is 0 Å². The van der Waals surface area contributed by atoms with Crippen LogP contribution in [0.1, 0.15) is 56.8 Å². The summed E-state index contributed by atoms with van der Waals surface area (Å²) in [5, 5.41) is 18.8. The maximum atomic E-state index is 11.0. The smallest absolute Gasteiger partial charge is 0.163 e. The lowest BCUT2D eigenvalue weighted by molar-refractivity contribution is 0.100. The van der Waals surface area contributed by atoms with Crippen molar-refractivity contribution in [3.63, 3.8) is 0 Å². The van der Waals surface area contributed by atoms with Gasteiger partial charge in [0.25, 0.3) is 0 Å². The Morgan fingerprint density at radius 2 is 0.958 bits per heavy atom. The first kappa shape index (κ1) is 19.4. The molecule has 0 spiro atoms. The van der Waals surface area contributed by atoms with E-state index in [-0.39, 0.29) is 23.1 Å². The Kier molecular flexibility index (Phi) is 6.29. The van der Waals surface area contributed by atoms with E-state index in [1.165, 1.54) is 13.8 Å². The Hall–Kier alpha value is -2.62. The standard InChI is InChI=1S/2C10H12O2/c2*1-6-4-7(2)10(8(3)11)9(12)5-6/h2*4-5,12H,1-3H3. The lowest BCUT2D eigenvalue weighted by Gasteiger charge is -2.05. The summed E-state index contributed by atoms with van der Waals surface area (Å²) in [6.07, 6.45) is 0. The Morgan fingerprint density at radius 3 is 1.17 bits per heavy atom. The normalized spacial score (nSPS) is 9.92. The highest BCUT2D eigenvalue weighted by atomic mass is 16.3. The molecule has 24 heavy (non-hydrogen) atoms. The van der Waals surface area contributed by atoms with Gasteiger partial charge in [-0.1, -0.05) is 12.1 Å². The number of carbonyl (C=O) groups excluding carboxylic acids is 2. The van der Waals surface area contributed by atoms with Crippen LogP contribution < -0.4 is 0 Å². The van der Waals surface area contributed by atoms with Gasteiger partial charge in [0.05, 0.1) is 11.1 Å². The van der Waals surface area contributed by atoms with E-state index >= 15 is 0 Å². The summed E-state index contributed by atoms with van der Waals surface area (Å²) in [5.41, 5.74) is 4.46. The summed E-state index contributed by atoms with van der Waals surface area (Å²) >= 11 is 0. The molecule has 0 unspecified atom stereocenters. The fourth-order valence-electron chi connectivity index (χ4n) is 2.81. The summed E-state index contributed by atoms with van der Waals surface area (Å²) in [5.74, 6) is -0.0185. The summed E-state index contributed by atoms with van der Waals surface area (Å²) < 4.78 is 0. The molecule has 0 aliphatic rings. The molecule has 2 N–H and O–H groups in total. The number of ketones is 2. The van der Waals surface area contributed by atoms with Crippen LogP contribution in [0.4, 0.5) is 0 Å². The third-order valence-electron chi connectivity index (χ3n) is 3.62. The molecule has 0 aromatic heterocycles. The molecule has 0 atom stereocenters. The molecule has 2 aromatic carbocycles. The predicted octanol–water partition coefficient (Wildman–Crippen LogP) is 4.42. The molecule has 0 heterocycles. The summed E-state index contributed by atoms with van der Waals surface area (Å²) in [6.45, 7) is 10.3. The number of phenols is 2. The second-order valence-corrected chi connectivity index (χ2v) is 6.06. The van der Waals surface area contributed by atoms with E-state index in [0.717, 1.165) is 22.3 Å². The quantitative estimate of drug-likeness (QED) is 0.800. The second kappa shape index (κ2) is 7.77. The molecule has 0 fully saturated rings. The van der Waals surface area contributed by atoms with Gasteiger partial charge in [-0.05, 0) is 75.9 Å². The lowest BCUT2D eigenvalue weighted by atomic mass is 10.0. The number of aryl methyl sites for hydroxylation is 4. The van der Waals surface area contributed by atoms with E-state index in [0.29, 0.717) is 11.1 Å². The maximum absolute atomic E-state index is 11.0. The molecule has 0 amide bonds. The monoisotopic (exact) mass is 328 g/mol. The van der Waals surface area contributed by atoms with Crippen LogP contribution in [-0.4, -0.2) is 21.8 Å². The van der Waals surface area contributed by atoms with Crippen LogP contribution in [0.15, 0.2) is 24.3 Å². The van der Waals surface area contributed by atoms with Gasteiger partial charge in [0.2, 0.25) is 0 Å². The fraction of sp³-hybridized carbons (Fsp3) is 0.300. The average molecular weight is 328 g/mol. The number of carbonyl (C=O) groups is 2. The third-order valence-corrected chi connectivity index (χ3v) is 3.62. The van der Waals surface area contributed by atoms with E-state index < -0.39 is 0 Å². The van der Waals surface area contributed by atoms with Crippen molar-refractivity contribution in [2.24, 2.45) is 0 Å². The maximum Gasteiger partial charge on any atom is 0.163 e. The number of rotatable bonds is 2. The average Bonchev–Trinajstić information content (AvgIpc) is 2.35. The molecule has 2 aromatic rings. The molecule has 0 saturated heterocycles. The van der Waals surface area contributed by atoms with Crippen molar-refractivity contribution in [3.8, 4) is 11.5 Å². The van der Waals surface area contributed by atoms with Crippen LogP contribution in [0.3, 0.4) is 0 Å². The molecule has 4 heteroatoms. The van der Waals surface area contributed by atoms with Crippen molar-refractivity contribution < 1.29 is 19.8 Å². The van der Waals surface area contributed by atoms with E-state index in [2.05, 4.69) is 0 Å². The van der Waals surface area contributed by atoms with Gasteiger partial charge in [0, 0.05) is 0 Å². The SMILES string of the molecule is CC(=O)c1c(C)cc(C)cc1O.CC(=O)c1c(C)cc(C)cc1O. The van der Waals surface area contributed by atoms with Crippen molar-refractivity contribution in [2.75, 3.05) is 0 Å². The Morgan fingerprint density at radius 1 is 0.667 bits per heavy atom. The zero-order valence-electron chi connectivity index (χ0n) is 15.0. The van der Waals surface area contributed by atoms with Crippen LogP contribution in [0, 0.1) is 27.7 Å².